The second kappa shape index (κ2) is 10.0. The molecule has 1 amide bonds. The number of carbonyl (C=O) groups excluding carboxylic acids is 1. The maximum Gasteiger partial charge on any atom is 0.410 e. The minimum Gasteiger partial charge on any atom is -0.436 e. The van der Waals surface area contributed by atoms with Crippen molar-refractivity contribution in [1.29, 1.82) is 0 Å². The van der Waals surface area contributed by atoms with Crippen molar-refractivity contribution in [2.24, 2.45) is 5.92 Å². The van der Waals surface area contributed by atoms with Crippen LogP contribution in [0.15, 0.2) is 97.1 Å². The molecule has 0 aromatic heterocycles. The molecule has 1 aliphatic heterocycles. The highest BCUT2D eigenvalue weighted by Gasteiger charge is 2.37. The fourth-order valence-electron chi connectivity index (χ4n) is 6.88. The van der Waals surface area contributed by atoms with Crippen LogP contribution in [0.1, 0.15) is 54.0 Å². The number of amides is 1. The maximum atomic E-state index is 13.6. The molecule has 1 fully saturated rings. The Balaban J connectivity index is 1.02. The predicted octanol–water partition coefficient (Wildman–Crippen LogP) is 7.82. The lowest BCUT2D eigenvalue weighted by molar-refractivity contribution is 0.0115. The van der Waals surface area contributed by atoms with Crippen molar-refractivity contribution in [2.45, 2.75) is 37.8 Å². The molecule has 1 heterocycles. The minimum atomic E-state index is -0.365. The number of benzene rings is 4. The highest BCUT2D eigenvalue weighted by atomic mass is 16.6. The second-order valence-corrected chi connectivity index (χ2v) is 11.0. The zero-order valence-corrected chi connectivity index (χ0v) is 22.3. The summed E-state index contributed by atoms with van der Waals surface area (Å²) in [4.78, 5) is 15.5. The van der Waals surface area contributed by atoms with Gasteiger partial charge in [0, 0.05) is 35.5 Å². The van der Waals surface area contributed by atoms with E-state index in [1.807, 2.05) is 29.2 Å². The van der Waals surface area contributed by atoms with Crippen LogP contribution in [0.4, 0.5) is 4.79 Å². The van der Waals surface area contributed by atoms with Gasteiger partial charge < -0.3 is 14.4 Å². The summed E-state index contributed by atoms with van der Waals surface area (Å²) in [5, 5.41) is 0. The molecule has 4 heteroatoms. The summed E-state index contributed by atoms with van der Waals surface area (Å²) in [6, 6.07) is 33.9. The van der Waals surface area contributed by atoms with Crippen LogP contribution < -0.4 is 0 Å². The number of piperidine rings is 1. The molecular formula is C35H33NO3. The molecule has 0 saturated carbocycles. The van der Waals surface area contributed by atoms with E-state index in [2.05, 4.69) is 79.7 Å². The molecule has 1 saturated heterocycles. The molecule has 7 rings (SSSR count). The third-order valence-electron chi connectivity index (χ3n) is 8.96. The fourth-order valence-corrected chi connectivity index (χ4v) is 6.88. The Hall–Kier alpha value is -3.89. The number of hydrogen-bond acceptors (Lipinski definition) is 3. The van der Waals surface area contributed by atoms with E-state index in [9.17, 15) is 4.79 Å². The quantitative estimate of drug-likeness (QED) is 0.272. The molecule has 2 atom stereocenters. The van der Waals surface area contributed by atoms with Gasteiger partial charge in [-0.2, -0.15) is 0 Å². The summed E-state index contributed by atoms with van der Waals surface area (Å²) in [7, 11) is 0. The van der Waals surface area contributed by atoms with Crippen molar-refractivity contribution in [3.63, 3.8) is 0 Å². The van der Waals surface area contributed by atoms with Gasteiger partial charge in [-0.25, -0.2) is 4.79 Å². The Morgan fingerprint density at radius 1 is 0.718 bits per heavy atom. The smallest absolute Gasteiger partial charge is 0.410 e. The Kier molecular flexibility index (Phi) is 6.21. The fraction of sp³-hybridized carbons (Fsp3) is 0.286. The number of carbonyl (C=O) groups is 1. The van der Waals surface area contributed by atoms with Crippen LogP contribution in [0.3, 0.4) is 0 Å². The molecule has 2 aliphatic carbocycles. The van der Waals surface area contributed by atoms with Gasteiger partial charge >= 0.3 is 6.09 Å². The summed E-state index contributed by atoms with van der Waals surface area (Å²) in [5.74, 6) is 0.529. The predicted molar refractivity (Wildman–Crippen MR) is 154 cm³/mol. The van der Waals surface area contributed by atoms with Crippen molar-refractivity contribution >= 4 is 6.09 Å². The monoisotopic (exact) mass is 515 g/mol. The van der Waals surface area contributed by atoms with Crippen LogP contribution in [0.5, 0.6) is 0 Å². The van der Waals surface area contributed by atoms with Gasteiger partial charge in [-0.15, -0.1) is 0 Å². The van der Waals surface area contributed by atoms with Gasteiger partial charge in [-0.05, 0) is 53.1 Å². The van der Waals surface area contributed by atoms with Crippen molar-refractivity contribution in [3.05, 3.63) is 119 Å². The Bertz CT molecular complexity index is 1440. The van der Waals surface area contributed by atoms with Crippen LogP contribution >= 0.6 is 0 Å². The Labute approximate surface area is 230 Å². The zero-order chi connectivity index (χ0) is 26.3. The van der Waals surface area contributed by atoms with Gasteiger partial charge in [0.25, 0.3) is 0 Å². The van der Waals surface area contributed by atoms with Crippen LogP contribution in [-0.4, -0.2) is 36.8 Å². The van der Waals surface area contributed by atoms with E-state index in [1.54, 1.807) is 0 Å². The van der Waals surface area contributed by atoms with Crippen LogP contribution in [-0.2, 0) is 9.47 Å². The molecule has 196 valence electrons. The van der Waals surface area contributed by atoms with Gasteiger partial charge in [0.15, 0.2) is 6.10 Å². The summed E-state index contributed by atoms with van der Waals surface area (Å²) in [5.41, 5.74) is 9.75. The molecule has 2 unspecified atom stereocenters. The first kappa shape index (κ1) is 24.2. The summed E-state index contributed by atoms with van der Waals surface area (Å²) in [6.07, 6.45) is 1.41. The number of likely N-dealkylation sites (tertiary alicyclic amines) is 1. The van der Waals surface area contributed by atoms with Gasteiger partial charge in [0.2, 0.25) is 0 Å². The van der Waals surface area contributed by atoms with E-state index in [0.717, 1.165) is 41.6 Å². The average Bonchev–Trinajstić information content (AvgIpc) is 3.47. The molecule has 0 spiro atoms. The number of rotatable bonds is 5. The molecular weight excluding hydrogens is 482 g/mol. The van der Waals surface area contributed by atoms with E-state index >= 15 is 0 Å². The largest absolute Gasteiger partial charge is 0.436 e. The first-order valence-electron chi connectivity index (χ1n) is 14.1. The number of ether oxygens (including phenoxy) is 2. The molecule has 4 nitrogen and oxygen atoms in total. The third kappa shape index (κ3) is 4.15. The second-order valence-electron chi connectivity index (χ2n) is 11.0. The first-order valence-corrected chi connectivity index (χ1v) is 14.1. The van der Waals surface area contributed by atoms with Crippen molar-refractivity contribution in [2.75, 3.05) is 19.8 Å². The molecule has 3 aliphatic rings. The SMILES string of the molecule is CC1C(COCC2c3ccccc3-c3ccccc32)CCCN1C(=O)OC1c2ccccc2-c2ccccc21. The molecule has 0 bridgehead atoms. The van der Waals surface area contributed by atoms with Gasteiger partial charge in [-0.3, -0.25) is 0 Å². The van der Waals surface area contributed by atoms with Crippen LogP contribution in [0, 0.1) is 5.92 Å². The summed E-state index contributed by atoms with van der Waals surface area (Å²) < 4.78 is 12.6. The van der Waals surface area contributed by atoms with Gasteiger partial charge in [0.1, 0.15) is 0 Å². The molecule has 39 heavy (non-hydrogen) atoms. The number of nitrogens with zero attached hydrogens (tertiary/aromatic N) is 1. The topological polar surface area (TPSA) is 38.8 Å². The van der Waals surface area contributed by atoms with E-state index in [4.69, 9.17) is 9.47 Å². The van der Waals surface area contributed by atoms with Crippen molar-refractivity contribution in [1.82, 2.24) is 4.90 Å². The lowest BCUT2D eigenvalue weighted by atomic mass is 9.91. The molecule has 4 aromatic carbocycles. The third-order valence-corrected chi connectivity index (χ3v) is 8.96. The lowest BCUT2D eigenvalue weighted by Crippen LogP contribution is -2.48. The van der Waals surface area contributed by atoms with Crippen LogP contribution in [0.2, 0.25) is 0 Å². The van der Waals surface area contributed by atoms with E-state index < -0.39 is 0 Å². The van der Waals surface area contributed by atoms with E-state index in [1.165, 1.54) is 22.3 Å². The Morgan fingerprint density at radius 2 is 1.21 bits per heavy atom. The highest BCUT2D eigenvalue weighted by molar-refractivity contribution is 5.80. The van der Waals surface area contributed by atoms with Crippen molar-refractivity contribution in [3.8, 4) is 22.3 Å². The van der Waals surface area contributed by atoms with Crippen molar-refractivity contribution < 1.29 is 14.3 Å². The van der Waals surface area contributed by atoms with E-state index in [-0.39, 0.29) is 30.1 Å². The summed E-state index contributed by atoms with van der Waals surface area (Å²) in [6.45, 7) is 4.15. The highest BCUT2D eigenvalue weighted by Crippen LogP contribution is 2.46. The molecule has 0 radical (unpaired) electrons. The van der Waals surface area contributed by atoms with Crippen LogP contribution in [0.25, 0.3) is 22.3 Å². The van der Waals surface area contributed by atoms with E-state index in [0.29, 0.717) is 13.2 Å². The average molecular weight is 516 g/mol. The lowest BCUT2D eigenvalue weighted by Gasteiger charge is -2.39. The first-order chi connectivity index (χ1) is 19.2. The molecule has 4 aromatic rings. The Morgan fingerprint density at radius 3 is 1.77 bits per heavy atom. The normalized spacial score (nSPS) is 19.8. The minimum absolute atomic E-state index is 0.0568. The number of hydrogen-bond donors (Lipinski definition) is 0. The standard InChI is InChI=1S/C35H33NO3/c1-23-24(21-38-22-33-29-16-4-2-12-25(29)26-13-3-5-17-30(26)33)11-10-20-36(23)35(37)39-34-31-18-8-6-14-27(31)28-15-7-9-19-32(28)34/h2-9,12-19,23-24,33-34H,10-11,20-22H2,1H3. The maximum absolute atomic E-state index is 13.6. The zero-order valence-electron chi connectivity index (χ0n) is 22.3. The van der Waals surface area contributed by atoms with Gasteiger partial charge in [-0.1, -0.05) is 97.1 Å². The van der Waals surface area contributed by atoms with Gasteiger partial charge in [0.05, 0.1) is 13.2 Å². The molecule has 0 N–H and O–H groups in total. The number of fused-ring (bicyclic) bond motifs is 6. The summed E-state index contributed by atoms with van der Waals surface area (Å²) >= 11 is 0.